The fraction of sp³-hybridized carbons (Fsp3) is 0.400. The number of fused-ring (bicyclic) bond motifs is 1. The monoisotopic (exact) mass is 305 g/mol. The van der Waals surface area contributed by atoms with Gasteiger partial charge in [0, 0.05) is 30.7 Å². The van der Waals surface area contributed by atoms with Crippen molar-refractivity contribution in [2.75, 3.05) is 23.0 Å². The summed E-state index contributed by atoms with van der Waals surface area (Å²) in [7, 11) is -2.93. The molecule has 112 valence electrons. The summed E-state index contributed by atoms with van der Waals surface area (Å²) in [5.41, 5.74) is 6.78. The third kappa shape index (κ3) is 2.61. The minimum absolute atomic E-state index is 0.0663. The maximum absolute atomic E-state index is 11.7. The van der Waals surface area contributed by atoms with Crippen LogP contribution in [0.2, 0.25) is 0 Å². The first-order valence-corrected chi connectivity index (χ1v) is 8.88. The van der Waals surface area contributed by atoms with Gasteiger partial charge in [0.1, 0.15) is 5.82 Å². The molecule has 6 heteroatoms. The summed E-state index contributed by atoms with van der Waals surface area (Å²) in [5, 5.41) is 2.12. The highest BCUT2D eigenvalue weighted by atomic mass is 32.2. The second-order valence-corrected chi connectivity index (χ2v) is 7.74. The SMILES string of the molecule is CC1CS(=O)(=O)CCN1c1ncc(CN)c2ccccc12. The summed E-state index contributed by atoms with van der Waals surface area (Å²) >= 11 is 0. The van der Waals surface area contributed by atoms with E-state index in [-0.39, 0.29) is 17.5 Å². The lowest BCUT2D eigenvalue weighted by Crippen LogP contribution is -2.47. The third-order valence-corrected chi connectivity index (χ3v) is 5.81. The van der Waals surface area contributed by atoms with Crippen LogP contribution < -0.4 is 10.6 Å². The Morgan fingerprint density at radius 3 is 2.71 bits per heavy atom. The lowest BCUT2D eigenvalue weighted by Gasteiger charge is -2.35. The minimum Gasteiger partial charge on any atom is -0.351 e. The molecule has 1 aliphatic heterocycles. The Kier molecular flexibility index (Phi) is 3.59. The van der Waals surface area contributed by atoms with E-state index >= 15 is 0 Å². The van der Waals surface area contributed by atoms with Crippen molar-refractivity contribution in [2.45, 2.75) is 19.5 Å². The van der Waals surface area contributed by atoms with Crippen LogP contribution in [0.5, 0.6) is 0 Å². The molecule has 3 rings (SSSR count). The number of nitrogens with two attached hydrogens (primary N) is 1. The normalized spacial score (nSPS) is 21.6. The van der Waals surface area contributed by atoms with Gasteiger partial charge >= 0.3 is 0 Å². The molecule has 2 aromatic rings. The first-order valence-electron chi connectivity index (χ1n) is 7.05. The van der Waals surface area contributed by atoms with Gasteiger partial charge in [0.05, 0.1) is 11.5 Å². The molecule has 0 amide bonds. The first kappa shape index (κ1) is 14.3. The average molecular weight is 305 g/mol. The Morgan fingerprint density at radius 1 is 1.33 bits per heavy atom. The Labute approximate surface area is 124 Å². The molecule has 0 radical (unpaired) electrons. The maximum Gasteiger partial charge on any atom is 0.154 e. The molecule has 2 N–H and O–H groups in total. The van der Waals surface area contributed by atoms with Gasteiger partial charge < -0.3 is 10.6 Å². The number of hydrogen-bond donors (Lipinski definition) is 1. The minimum atomic E-state index is -2.93. The number of benzene rings is 1. The van der Waals surface area contributed by atoms with Crippen molar-refractivity contribution < 1.29 is 8.42 Å². The number of anilines is 1. The first-order chi connectivity index (χ1) is 10.0. The van der Waals surface area contributed by atoms with Gasteiger partial charge in [-0.15, -0.1) is 0 Å². The van der Waals surface area contributed by atoms with Gasteiger partial charge in [0.15, 0.2) is 9.84 Å². The topological polar surface area (TPSA) is 76.3 Å². The highest BCUT2D eigenvalue weighted by Gasteiger charge is 2.29. The summed E-state index contributed by atoms with van der Waals surface area (Å²) in [6.07, 6.45) is 1.80. The lowest BCUT2D eigenvalue weighted by molar-refractivity contribution is 0.567. The van der Waals surface area contributed by atoms with Crippen LogP contribution in [-0.2, 0) is 16.4 Å². The molecule has 5 nitrogen and oxygen atoms in total. The molecule has 1 aromatic carbocycles. The van der Waals surface area contributed by atoms with Crippen molar-refractivity contribution in [1.29, 1.82) is 0 Å². The molecule has 1 saturated heterocycles. The van der Waals surface area contributed by atoms with E-state index in [2.05, 4.69) is 9.88 Å². The number of rotatable bonds is 2. The van der Waals surface area contributed by atoms with Gasteiger partial charge in [-0.3, -0.25) is 0 Å². The molecule has 0 spiro atoms. The number of nitrogens with zero attached hydrogens (tertiary/aromatic N) is 2. The van der Waals surface area contributed by atoms with E-state index in [1.807, 2.05) is 31.2 Å². The molecule has 0 saturated carbocycles. The van der Waals surface area contributed by atoms with Crippen molar-refractivity contribution >= 4 is 26.4 Å². The molecular weight excluding hydrogens is 286 g/mol. The van der Waals surface area contributed by atoms with Crippen molar-refractivity contribution in [3.8, 4) is 0 Å². The lowest BCUT2D eigenvalue weighted by atomic mass is 10.1. The van der Waals surface area contributed by atoms with Gasteiger partial charge in [-0.25, -0.2) is 13.4 Å². The zero-order valence-corrected chi connectivity index (χ0v) is 12.8. The molecule has 0 aliphatic carbocycles. The zero-order valence-electron chi connectivity index (χ0n) is 12.0. The van der Waals surface area contributed by atoms with Gasteiger partial charge in [-0.05, 0) is 17.9 Å². The molecule has 1 atom stereocenters. The summed E-state index contributed by atoms with van der Waals surface area (Å²) in [6.45, 7) is 2.87. The number of sulfone groups is 1. The summed E-state index contributed by atoms with van der Waals surface area (Å²) < 4.78 is 23.5. The summed E-state index contributed by atoms with van der Waals surface area (Å²) in [5.74, 6) is 1.22. The van der Waals surface area contributed by atoms with Crippen LogP contribution in [0.15, 0.2) is 30.5 Å². The number of pyridine rings is 1. The van der Waals surface area contributed by atoms with E-state index in [1.165, 1.54) is 0 Å². The van der Waals surface area contributed by atoms with Gasteiger partial charge in [-0.1, -0.05) is 24.3 Å². The van der Waals surface area contributed by atoms with Crippen molar-refractivity contribution in [2.24, 2.45) is 5.73 Å². The molecular formula is C15H19N3O2S. The molecule has 21 heavy (non-hydrogen) atoms. The molecule has 2 heterocycles. The third-order valence-electron chi connectivity index (χ3n) is 4.02. The number of aromatic nitrogens is 1. The largest absolute Gasteiger partial charge is 0.351 e. The fourth-order valence-electron chi connectivity index (χ4n) is 2.94. The highest BCUT2D eigenvalue weighted by molar-refractivity contribution is 7.91. The Hall–Kier alpha value is -1.66. The van der Waals surface area contributed by atoms with E-state index in [4.69, 9.17) is 5.73 Å². The predicted octanol–water partition coefficient (Wildman–Crippen LogP) is 1.32. The summed E-state index contributed by atoms with van der Waals surface area (Å²) in [6, 6.07) is 7.94. The number of hydrogen-bond acceptors (Lipinski definition) is 5. The second-order valence-electron chi connectivity index (χ2n) is 5.51. The van der Waals surface area contributed by atoms with Crippen LogP contribution in [-0.4, -0.2) is 37.5 Å². The second kappa shape index (κ2) is 5.27. The van der Waals surface area contributed by atoms with Crippen LogP contribution in [0.1, 0.15) is 12.5 Å². The summed E-state index contributed by atoms with van der Waals surface area (Å²) in [4.78, 5) is 6.64. The van der Waals surface area contributed by atoms with E-state index in [0.29, 0.717) is 13.1 Å². The average Bonchev–Trinajstić information content (AvgIpc) is 2.46. The molecule has 1 fully saturated rings. The Balaban J connectivity index is 2.09. The zero-order chi connectivity index (χ0) is 15.0. The molecule has 0 bridgehead atoms. The molecule has 1 unspecified atom stereocenters. The van der Waals surface area contributed by atoms with E-state index in [0.717, 1.165) is 22.2 Å². The van der Waals surface area contributed by atoms with Gasteiger partial charge in [-0.2, -0.15) is 0 Å². The van der Waals surface area contributed by atoms with Gasteiger partial charge in [0.2, 0.25) is 0 Å². The van der Waals surface area contributed by atoms with Crippen molar-refractivity contribution in [1.82, 2.24) is 4.98 Å². The van der Waals surface area contributed by atoms with E-state index in [9.17, 15) is 8.42 Å². The molecule has 1 aromatic heterocycles. The molecule has 1 aliphatic rings. The Morgan fingerprint density at radius 2 is 2.05 bits per heavy atom. The highest BCUT2D eigenvalue weighted by Crippen LogP contribution is 2.29. The standard InChI is InChI=1S/C15H19N3O2S/c1-11-10-21(19,20)7-6-18(11)15-14-5-3-2-4-13(14)12(8-16)9-17-15/h2-5,9,11H,6-8,10,16H2,1H3. The van der Waals surface area contributed by atoms with E-state index in [1.54, 1.807) is 6.20 Å². The van der Waals surface area contributed by atoms with E-state index < -0.39 is 9.84 Å². The van der Waals surface area contributed by atoms with Crippen molar-refractivity contribution in [3.05, 3.63) is 36.0 Å². The quantitative estimate of drug-likeness (QED) is 0.905. The van der Waals surface area contributed by atoms with Crippen molar-refractivity contribution in [3.63, 3.8) is 0 Å². The maximum atomic E-state index is 11.7. The van der Waals surface area contributed by atoms with Crippen LogP contribution in [0.25, 0.3) is 10.8 Å². The van der Waals surface area contributed by atoms with Crippen LogP contribution >= 0.6 is 0 Å². The van der Waals surface area contributed by atoms with Crippen LogP contribution in [0, 0.1) is 0 Å². The van der Waals surface area contributed by atoms with Crippen LogP contribution in [0.3, 0.4) is 0 Å². The van der Waals surface area contributed by atoms with Gasteiger partial charge in [0.25, 0.3) is 0 Å². The smallest absolute Gasteiger partial charge is 0.154 e. The fourth-order valence-corrected chi connectivity index (χ4v) is 4.50. The predicted molar refractivity (Wildman–Crippen MR) is 85.1 cm³/mol. The Bertz CT molecular complexity index is 774. The van der Waals surface area contributed by atoms with Crippen LogP contribution in [0.4, 0.5) is 5.82 Å².